The number of allylic oxidation sites excluding steroid dienone is 1. The van der Waals surface area contributed by atoms with Crippen LogP contribution in [0.2, 0.25) is 0 Å². The molecule has 0 amide bonds. The molecule has 1 aromatic heterocycles. The molecule has 1 aromatic carbocycles. The highest BCUT2D eigenvalue weighted by Gasteiger charge is 2.31. The second-order valence-electron chi connectivity index (χ2n) is 5.89. The monoisotopic (exact) mass is 362 g/mol. The van der Waals surface area contributed by atoms with Crippen LogP contribution < -0.4 is 10.9 Å². The normalized spacial score (nSPS) is 16.3. The van der Waals surface area contributed by atoms with Crippen molar-refractivity contribution in [2.75, 3.05) is 11.9 Å². The lowest BCUT2D eigenvalue weighted by Crippen LogP contribution is -2.49. The van der Waals surface area contributed by atoms with Gasteiger partial charge in [-0.25, -0.2) is 0 Å². The van der Waals surface area contributed by atoms with Crippen LogP contribution in [-0.4, -0.2) is 62.7 Å². The fourth-order valence-corrected chi connectivity index (χ4v) is 2.63. The van der Waals surface area contributed by atoms with E-state index in [9.17, 15) is 24.9 Å². The first-order chi connectivity index (χ1) is 12.4. The largest absolute Gasteiger partial charge is 0.394 e. The molecule has 0 radical (unpaired) electrons. The van der Waals surface area contributed by atoms with E-state index in [2.05, 4.69) is 10.3 Å². The maximum absolute atomic E-state index is 11.8. The molecular weight excluding hydrogens is 340 g/mol. The van der Waals surface area contributed by atoms with E-state index in [1.165, 1.54) is 6.07 Å². The number of carbonyl (C=O) groups excluding carboxylic acids is 1. The van der Waals surface area contributed by atoms with Crippen molar-refractivity contribution >= 4 is 29.0 Å². The summed E-state index contributed by atoms with van der Waals surface area (Å²) in [7, 11) is 0. The maximum Gasteiger partial charge on any atom is 0.249 e. The average Bonchev–Trinajstić information content (AvgIpc) is 2.64. The van der Waals surface area contributed by atoms with Crippen LogP contribution in [0.25, 0.3) is 17.0 Å². The SMILES string of the molecule is CC=Cc1cc(=O)[nH]c2cc(N[C@@H](C=O)[C@@H](O)[C@H](O)[C@H](O)CO)ccc12. The zero-order chi connectivity index (χ0) is 19.3. The van der Waals surface area contributed by atoms with Crippen molar-refractivity contribution in [1.29, 1.82) is 0 Å². The van der Waals surface area contributed by atoms with E-state index in [4.69, 9.17) is 5.11 Å². The van der Waals surface area contributed by atoms with Crippen LogP contribution >= 0.6 is 0 Å². The molecule has 0 aliphatic heterocycles. The number of aromatic amines is 1. The fraction of sp³-hybridized carbons (Fsp3) is 0.333. The molecule has 2 aromatic rings. The Labute approximate surface area is 149 Å². The lowest BCUT2D eigenvalue weighted by molar-refractivity contribution is -0.117. The van der Waals surface area contributed by atoms with Crippen LogP contribution in [-0.2, 0) is 4.79 Å². The molecule has 6 N–H and O–H groups in total. The van der Waals surface area contributed by atoms with Crippen molar-refractivity contribution in [3.63, 3.8) is 0 Å². The van der Waals surface area contributed by atoms with Crippen LogP contribution in [0, 0.1) is 0 Å². The van der Waals surface area contributed by atoms with Gasteiger partial charge in [-0.3, -0.25) is 4.79 Å². The summed E-state index contributed by atoms with van der Waals surface area (Å²) in [5.41, 5.74) is 1.42. The van der Waals surface area contributed by atoms with Crippen molar-refractivity contribution in [3.8, 4) is 0 Å². The van der Waals surface area contributed by atoms with Gasteiger partial charge in [0.2, 0.25) is 5.56 Å². The quantitative estimate of drug-likeness (QED) is 0.351. The van der Waals surface area contributed by atoms with Crippen molar-refractivity contribution < 1.29 is 25.2 Å². The highest BCUT2D eigenvalue weighted by molar-refractivity contribution is 5.90. The molecule has 4 atom stereocenters. The molecule has 0 aliphatic rings. The zero-order valence-corrected chi connectivity index (χ0v) is 14.2. The van der Waals surface area contributed by atoms with Crippen molar-refractivity contribution in [3.05, 3.63) is 46.3 Å². The van der Waals surface area contributed by atoms with Gasteiger partial charge in [-0.15, -0.1) is 0 Å². The van der Waals surface area contributed by atoms with Crippen LogP contribution in [0.15, 0.2) is 35.1 Å². The molecule has 0 fully saturated rings. The van der Waals surface area contributed by atoms with Gasteiger partial charge < -0.3 is 35.5 Å². The average molecular weight is 362 g/mol. The number of pyridine rings is 1. The Morgan fingerprint density at radius 2 is 1.92 bits per heavy atom. The smallest absolute Gasteiger partial charge is 0.249 e. The Morgan fingerprint density at radius 1 is 1.19 bits per heavy atom. The predicted octanol–water partition coefficient (Wildman–Crippen LogP) is -0.384. The maximum atomic E-state index is 11.8. The van der Waals surface area contributed by atoms with E-state index in [0.717, 1.165) is 10.9 Å². The van der Waals surface area contributed by atoms with Gasteiger partial charge in [0.25, 0.3) is 0 Å². The first-order valence-corrected chi connectivity index (χ1v) is 8.08. The second kappa shape index (κ2) is 8.72. The summed E-state index contributed by atoms with van der Waals surface area (Å²) in [6.45, 7) is 1.08. The highest BCUT2D eigenvalue weighted by atomic mass is 16.4. The summed E-state index contributed by atoms with van der Waals surface area (Å²) in [6.07, 6.45) is -0.919. The van der Waals surface area contributed by atoms with Gasteiger partial charge in [-0.05, 0) is 24.6 Å². The van der Waals surface area contributed by atoms with E-state index in [0.29, 0.717) is 17.5 Å². The van der Waals surface area contributed by atoms with Crippen LogP contribution in [0.4, 0.5) is 5.69 Å². The first kappa shape index (κ1) is 19.8. The molecule has 1 heterocycles. The second-order valence-corrected chi connectivity index (χ2v) is 5.89. The lowest BCUT2D eigenvalue weighted by atomic mass is 10.0. The van der Waals surface area contributed by atoms with Crippen molar-refractivity contribution in [1.82, 2.24) is 4.98 Å². The summed E-state index contributed by atoms with van der Waals surface area (Å²) < 4.78 is 0. The third-order valence-electron chi connectivity index (χ3n) is 4.00. The molecule has 140 valence electrons. The number of fused-ring (bicyclic) bond motifs is 1. The number of anilines is 1. The van der Waals surface area contributed by atoms with Gasteiger partial charge in [0, 0.05) is 17.1 Å². The van der Waals surface area contributed by atoms with Gasteiger partial charge in [-0.2, -0.15) is 0 Å². The summed E-state index contributed by atoms with van der Waals surface area (Å²) in [5, 5.41) is 41.6. The summed E-state index contributed by atoms with van der Waals surface area (Å²) in [4.78, 5) is 25.8. The number of rotatable bonds is 8. The molecule has 0 saturated carbocycles. The first-order valence-electron chi connectivity index (χ1n) is 8.08. The molecule has 26 heavy (non-hydrogen) atoms. The van der Waals surface area contributed by atoms with Gasteiger partial charge in [0.1, 0.15) is 30.6 Å². The Balaban J connectivity index is 2.32. The van der Waals surface area contributed by atoms with E-state index < -0.39 is 31.0 Å². The summed E-state index contributed by atoms with van der Waals surface area (Å²) in [5.74, 6) is 0. The zero-order valence-electron chi connectivity index (χ0n) is 14.2. The van der Waals surface area contributed by atoms with Crippen LogP contribution in [0.3, 0.4) is 0 Å². The molecule has 0 unspecified atom stereocenters. The Morgan fingerprint density at radius 3 is 2.54 bits per heavy atom. The summed E-state index contributed by atoms with van der Waals surface area (Å²) >= 11 is 0. The van der Waals surface area contributed by atoms with Crippen molar-refractivity contribution in [2.45, 2.75) is 31.3 Å². The topological polar surface area (TPSA) is 143 Å². The Kier molecular flexibility index (Phi) is 6.64. The molecular formula is C18H22N2O6. The third-order valence-corrected chi connectivity index (χ3v) is 4.00. The van der Waals surface area contributed by atoms with E-state index in [1.807, 2.05) is 13.0 Å². The lowest BCUT2D eigenvalue weighted by Gasteiger charge is -2.26. The molecule has 0 saturated heterocycles. The fourth-order valence-electron chi connectivity index (χ4n) is 2.63. The van der Waals surface area contributed by atoms with E-state index in [1.54, 1.807) is 24.3 Å². The number of aromatic nitrogens is 1. The molecule has 0 spiro atoms. The number of aliphatic hydroxyl groups is 4. The molecule has 0 bridgehead atoms. The number of nitrogens with one attached hydrogen (secondary N) is 2. The van der Waals surface area contributed by atoms with E-state index in [-0.39, 0.29) is 5.56 Å². The molecule has 0 aliphatic carbocycles. The number of carbonyl (C=O) groups is 1. The summed E-state index contributed by atoms with van der Waals surface area (Å²) in [6, 6.07) is 5.25. The van der Waals surface area contributed by atoms with Gasteiger partial charge in [0.15, 0.2) is 0 Å². The molecule has 8 heteroatoms. The number of aldehydes is 1. The van der Waals surface area contributed by atoms with Gasteiger partial charge in [0.05, 0.1) is 12.1 Å². The van der Waals surface area contributed by atoms with Crippen LogP contribution in [0.1, 0.15) is 12.5 Å². The predicted molar refractivity (Wildman–Crippen MR) is 97.9 cm³/mol. The number of hydrogen-bond donors (Lipinski definition) is 6. The number of H-pyrrole nitrogens is 1. The molecule has 2 rings (SSSR count). The number of aliphatic hydroxyl groups excluding tert-OH is 4. The van der Waals surface area contributed by atoms with Gasteiger partial charge >= 0.3 is 0 Å². The standard InChI is InChI=1S/C18H22N2O6/c1-2-3-10-6-16(24)20-13-7-11(4-5-12(10)13)19-14(8-21)17(25)18(26)15(23)9-22/h2-8,14-15,17-19,22-23,25-26H,9H2,1H3,(H,20,24)/t14-,15+,17+,18+/m0/s1. The van der Waals surface area contributed by atoms with Gasteiger partial charge in [-0.1, -0.05) is 18.2 Å². The minimum Gasteiger partial charge on any atom is -0.394 e. The van der Waals surface area contributed by atoms with Crippen molar-refractivity contribution in [2.24, 2.45) is 0 Å². The Hall–Kier alpha value is -2.52. The van der Waals surface area contributed by atoms with Crippen LogP contribution in [0.5, 0.6) is 0 Å². The number of hydrogen-bond acceptors (Lipinski definition) is 7. The number of benzene rings is 1. The highest BCUT2D eigenvalue weighted by Crippen LogP contribution is 2.21. The molecule has 8 nitrogen and oxygen atoms in total. The third kappa shape index (κ3) is 4.36. The minimum atomic E-state index is -1.70. The minimum absolute atomic E-state index is 0.281. The van der Waals surface area contributed by atoms with E-state index >= 15 is 0 Å². The Bertz CT molecular complexity index is 847.